The molecule has 4 rings (SSSR count). The van der Waals surface area contributed by atoms with E-state index in [-0.39, 0.29) is 11.6 Å². The minimum atomic E-state index is 0.0692. The predicted octanol–water partition coefficient (Wildman–Crippen LogP) is 3.12. The van der Waals surface area contributed by atoms with E-state index >= 15 is 0 Å². The van der Waals surface area contributed by atoms with Crippen LogP contribution in [0, 0.1) is 13.8 Å². The largest absolute Gasteiger partial charge is 0.351 e. The van der Waals surface area contributed by atoms with Crippen LogP contribution in [0.15, 0.2) is 16.9 Å². The number of nitrogens with zero attached hydrogens (tertiary/aromatic N) is 4. The highest BCUT2D eigenvalue weighted by Gasteiger charge is 2.25. The maximum atomic E-state index is 12.5. The number of anilines is 1. The summed E-state index contributed by atoms with van der Waals surface area (Å²) in [4.78, 5) is 21.5. The molecule has 1 saturated carbocycles. The third-order valence-corrected chi connectivity index (χ3v) is 5.59. The van der Waals surface area contributed by atoms with E-state index in [1.807, 2.05) is 26.0 Å². The number of nitrogens with one attached hydrogen (secondary N) is 1. The molecule has 1 N–H and O–H groups in total. The number of fused-ring (bicyclic) bond motifs is 1. The van der Waals surface area contributed by atoms with Crippen LogP contribution in [0.2, 0.25) is 0 Å². The normalized spacial score (nSPS) is 22.7. The third kappa shape index (κ3) is 3.64. The third-order valence-electron chi connectivity index (χ3n) is 5.59. The van der Waals surface area contributed by atoms with Crippen molar-refractivity contribution in [2.24, 2.45) is 0 Å². The number of aryl methyl sites for hydroxylation is 4. The summed E-state index contributed by atoms with van der Waals surface area (Å²) in [6, 6.07) is 4.39. The van der Waals surface area contributed by atoms with Crippen LogP contribution in [0.5, 0.6) is 0 Å². The molecular weight excluding hydrogens is 326 g/mol. The van der Waals surface area contributed by atoms with Gasteiger partial charge in [0.2, 0.25) is 5.95 Å². The zero-order valence-corrected chi connectivity index (χ0v) is 15.7. The first kappa shape index (κ1) is 17.2. The zero-order valence-electron chi connectivity index (χ0n) is 15.7. The molecule has 2 aromatic heterocycles. The van der Waals surface area contributed by atoms with Gasteiger partial charge in [0.15, 0.2) is 0 Å². The molecule has 0 amide bonds. The van der Waals surface area contributed by atoms with Gasteiger partial charge in [-0.05, 0) is 76.8 Å². The van der Waals surface area contributed by atoms with Gasteiger partial charge in [-0.15, -0.1) is 0 Å². The van der Waals surface area contributed by atoms with Crippen molar-refractivity contribution in [2.75, 3.05) is 5.32 Å². The Morgan fingerprint density at radius 2 is 1.69 bits per heavy atom. The van der Waals surface area contributed by atoms with E-state index < -0.39 is 0 Å². The topological polar surface area (TPSA) is 72.7 Å². The van der Waals surface area contributed by atoms with Gasteiger partial charge >= 0.3 is 0 Å². The summed E-state index contributed by atoms with van der Waals surface area (Å²) < 4.78 is 1.76. The molecule has 2 aromatic rings. The Hall–Kier alpha value is -2.24. The lowest BCUT2D eigenvalue weighted by atomic mass is 9.91. The van der Waals surface area contributed by atoms with Gasteiger partial charge in [-0.1, -0.05) is 0 Å². The summed E-state index contributed by atoms with van der Waals surface area (Å²) in [5.41, 5.74) is 4.34. The molecule has 6 nitrogen and oxygen atoms in total. The van der Waals surface area contributed by atoms with E-state index in [0.717, 1.165) is 61.6 Å². The highest BCUT2D eigenvalue weighted by Crippen LogP contribution is 2.29. The molecule has 0 atom stereocenters. The lowest BCUT2D eigenvalue weighted by Crippen LogP contribution is -2.34. The Morgan fingerprint density at radius 1 is 1.00 bits per heavy atom. The minimum Gasteiger partial charge on any atom is -0.351 e. The summed E-state index contributed by atoms with van der Waals surface area (Å²) in [5.74, 6) is 0.718. The average molecular weight is 353 g/mol. The van der Waals surface area contributed by atoms with Crippen LogP contribution in [-0.2, 0) is 12.8 Å². The number of hydrogen-bond donors (Lipinski definition) is 1. The summed E-state index contributed by atoms with van der Waals surface area (Å²) in [6.07, 6.45) is 8.32. The lowest BCUT2D eigenvalue weighted by Gasteiger charge is -2.30. The molecule has 2 aliphatic rings. The fourth-order valence-electron chi connectivity index (χ4n) is 4.28. The first-order valence-electron chi connectivity index (χ1n) is 9.79. The molecule has 0 bridgehead atoms. The quantitative estimate of drug-likeness (QED) is 0.918. The van der Waals surface area contributed by atoms with Crippen molar-refractivity contribution in [1.82, 2.24) is 19.7 Å². The smallest absolute Gasteiger partial charge is 0.267 e. The molecule has 0 saturated heterocycles. The Morgan fingerprint density at radius 3 is 2.42 bits per heavy atom. The number of hydrogen-bond acceptors (Lipinski definition) is 5. The molecule has 138 valence electrons. The minimum absolute atomic E-state index is 0.0692. The van der Waals surface area contributed by atoms with Crippen molar-refractivity contribution in [3.8, 4) is 0 Å². The number of rotatable bonds is 3. The van der Waals surface area contributed by atoms with Gasteiger partial charge in [0.05, 0.1) is 11.7 Å². The summed E-state index contributed by atoms with van der Waals surface area (Å²) in [6.45, 7) is 3.98. The van der Waals surface area contributed by atoms with Crippen LogP contribution in [0.25, 0.3) is 0 Å². The highest BCUT2D eigenvalue weighted by molar-refractivity contribution is 5.29. The highest BCUT2D eigenvalue weighted by atomic mass is 16.1. The Bertz CT molecular complexity index is 832. The molecule has 0 aliphatic heterocycles. The van der Waals surface area contributed by atoms with Gasteiger partial charge < -0.3 is 5.32 Å². The van der Waals surface area contributed by atoms with Crippen molar-refractivity contribution in [3.63, 3.8) is 0 Å². The fourth-order valence-corrected chi connectivity index (χ4v) is 4.28. The van der Waals surface area contributed by atoms with Gasteiger partial charge in [-0.25, -0.2) is 14.6 Å². The fraction of sp³-hybridized carbons (Fsp3) is 0.600. The van der Waals surface area contributed by atoms with Gasteiger partial charge in [0, 0.05) is 23.5 Å². The Kier molecular flexibility index (Phi) is 4.74. The second-order valence-electron chi connectivity index (χ2n) is 7.73. The van der Waals surface area contributed by atoms with Crippen LogP contribution in [-0.4, -0.2) is 25.8 Å². The van der Waals surface area contributed by atoms with Crippen LogP contribution >= 0.6 is 0 Å². The van der Waals surface area contributed by atoms with Crippen molar-refractivity contribution in [3.05, 3.63) is 45.1 Å². The van der Waals surface area contributed by atoms with Crippen molar-refractivity contribution >= 4 is 5.95 Å². The first-order chi connectivity index (χ1) is 12.6. The average Bonchev–Trinajstić information content (AvgIpc) is 2.61. The van der Waals surface area contributed by atoms with Crippen LogP contribution in [0.4, 0.5) is 5.95 Å². The standard InChI is InChI=1S/C20H27N5O/c1-13-11-14(2)22-20(21-13)23-16-7-9-17(10-8-16)25-19(26)12-15-5-3-4-6-18(15)24-25/h11-12,16-17H,3-10H2,1-2H3,(H,21,22,23). The van der Waals surface area contributed by atoms with Crippen LogP contribution in [0.3, 0.4) is 0 Å². The van der Waals surface area contributed by atoms with E-state index in [0.29, 0.717) is 6.04 Å². The van der Waals surface area contributed by atoms with Crippen molar-refractivity contribution in [1.29, 1.82) is 0 Å². The van der Waals surface area contributed by atoms with Gasteiger partial charge in [0.1, 0.15) is 0 Å². The van der Waals surface area contributed by atoms with Crippen LogP contribution < -0.4 is 10.9 Å². The molecule has 2 aliphatic carbocycles. The van der Waals surface area contributed by atoms with Crippen LogP contribution in [0.1, 0.15) is 67.2 Å². The van der Waals surface area contributed by atoms with Gasteiger partial charge in [-0.2, -0.15) is 5.10 Å². The van der Waals surface area contributed by atoms with E-state index in [1.165, 1.54) is 18.4 Å². The number of aromatic nitrogens is 4. The molecule has 26 heavy (non-hydrogen) atoms. The molecular formula is C20H27N5O. The molecule has 1 fully saturated rings. The Balaban J connectivity index is 1.43. The zero-order chi connectivity index (χ0) is 18.1. The van der Waals surface area contributed by atoms with E-state index in [4.69, 9.17) is 5.10 Å². The van der Waals surface area contributed by atoms with E-state index in [2.05, 4.69) is 15.3 Å². The van der Waals surface area contributed by atoms with Gasteiger partial charge in [0.25, 0.3) is 5.56 Å². The maximum absolute atomic E-state index is 12.5. The van der Waals surface area contributed by atoms with Crippen molar-refractivity contribution in [2.45, 2.75) is 77.3 Å². The summed E-state index contributed by atoms with van der Waals surface area (Å²) in [7, 11) is 0. The monoisotopic (exact) mass is 353 g/mol. The molecule has 0 radical (unpaired) electrons. The predicted molar refractivity (Wildman–Crippen MR) is 102 cm³/mol. The second kappa shape index (κ2) is 7.17. The lowest BCUT2D eigenvalue weighted by molar-refractivity contribution is 0.300. The maximum Gasteiger partial charge on any atom is 0.267 e. The first-order valence-corrected chi connectivity index (χ1v) is 9.79. The van der Waals surface area contributed by atoms with E-state index in [1.54, 1.807) is 4.68 Å². The second-order valence-corrected chi connectivity index (χ2v) is 7.73. The SMILES string of the molecule is Cc1cc(C)nc(NC2CCC(n3nc4c(cc3=O)CCCC4)CC2)n1. The summed E-state index contributed by atoms with van der Waals surface area (Å²) in [5, 5.41) is 8.20. The van der Waals surface area contributed by atoms with Crippen molar-refractivity contribution < 1.29 is 0 Å². The molecule has 2 heterocycles. The van der Waals surface area contributed by atoms with E-state index in [9.17, 15) is 4.79 Å². The van der Waals surface area contributed by atoms with Gasteiger partial charge in [-0.3, -0.25) is 4.79 Å². The molecule has 0 unspecified atom stereocenters. The summed E-state index contributed by atoms with van der Waals surface area (Å²) >= 11 is 0. The Labute approximate surface area is 154 Å². The molecule has 0 aromatic carbocycles. The molecule has 6 heteroatoms. The molecule has 0 spiro atoms.